The molecule has 21 heavy (non-hydrogen) atoms. The summed E-state index contributed by atoms with van der Waals surface area (Å²) in [6, 6.07) is 4.96. The third-order valence-electron chi connectivity index (χ3n) is 4.09. The summed E-state index contributed by atoms with van der Waals surface area (Å²) in [6.45, 7) is 4.26. The number of nitrogens with one attached hydrogen (secondary N) is 1. The molecule has 1 heterocycles. The Labute approximate surface area is 127 Å². The summed E-state index contributed by atoms with van der Waals surface area (Å²) in [7, 11) is -1.46. The van der Waals surface area contributed by atoms with E-state index in [9.17, 15) is 13.5 Å². The van der Waals surface area contributed by atoms with Crippen molar-refractivity contribution in [3.63, 3.8) is 0 Å². The van der Waals surface area contributed by atoms with Gasteiger partial charge in [0.15, 0.2) is 0 Å². The summed E-state index contributed by atoms with van der Waals surface area (Å²) in [4.78, 5) is 2.44. The lowest BCUT2D eigenvalue weighted by Crippen LogP contribution is -2.30. The van der Waals surface area contributed by atoms with Crippen LogP contribution in [0.25, 0.3) is 0 Å². The fourth-order valence-electron chi connectivity index (χ4n) is 2.77. The molecule has 118 valence electrons. The summed E-state index contributed by atoms with van der Waals surface area (Å²) in [5.41, 5.74) is 1.66. The Bertz CT molecular complexity index is 587. The highest BCUT2D eigenvalue weighted by Crippen LogP contribution is 2.18. The fourth-order valence-corrected chi connectivity index (χ4v) is 3.93. The molecule has 1 aromatic carbocycles. The Morgan fingerprint density at radius 1 is 1.38 bits per heavy atom. The van der Waals surface area contributed by atoms with E-state index in [0.29, 0.717) is 18.0 Å². The molecule has 0 amide bonds. The van der Waals surface area contributed by atoms with E-state index >= 15 is 0 Å². The first-order valence-corrected chi connectivity index (χ1v) is 8.85. The minimum absolute atomic E-state index is 0.139. The highest BCUT2D eigenvalue weighted by atomic mass is 32.2. The Kier molecular flexibility index (Phi) is 5.37. The molecular weight excluding hydrogens is 288 g/mol. The summed E-state index contributed by atoms with van der Waals surface area (Å²) >= 11 is 0. The van der Waals surface area contributed by atoms with E-state index in [2.05, 4.69) is 9.62 Å². The normalized spacial score (nSPS) is 20.0. The number of aliphatic hydroxyl groups excluding tert-OH is 1. The van der Waals surface area contributed by atoms with Crippen molar-refractivity contribution in [1.82, 2.24) is 9.62 Å². The molecule has 1 fully saturated rings. The number of sulfonamides is 1. The maximum atomic E-state index is 12.3. The molecule has 1 aromatic rings. The van der Waals surface area contributed by atoms with Crippen LogP contribution in [0, 0.1) is 5.92 Å². The van der Waals surface area contributed by atoms with Crippen molar-refractivity contribution in [2.75, 3.05) is 26.7 Å². The first kappa shape index (κ1) is 16.4. The molecule has 6 heteroatoms. The molecule has 0 aliphatic carbocycles. The predicted octanol–water partition coefficient (Wildman–Crippen LogP) is 0.971. The molecule has 2 N–H and O–H groups in total. The maximum absolute atomic E-state index is 12.3. The van der Waals surface area contributed by atoms with E-state index in [-0.39, 0.29) is 11.5 Å². The van der Waals surface area contributed by atoms with Crippen molar-refractivity contribution in [1.29, 1.82) is 0 Å². The smallest absolute Gasteiger partial charge is 0.240 e. The molecule has 2 rings (SSSR count). The second kappa shape index (κ2) is 6.87. The maximum Gasteiger partial charge on any atom is 0.240 e. The van der Waals surface area contributed by atoms with E-state index in [0.717, 1.165) is 31.5 Å². The lowest BCUT2D eigenvalue weighted by Gasteiger charge is -2.13. The van der Waals surface area contributed by atoms with Crippen molar-refractivity contribution in [2.24, 2.45) is 5.92 Å². The van der Waals surface area contributed by atoms with E-state index in [1.807, 2.05) is 14.0 Å². The van der Waals surface area contributed by atoms with Gasteiger partial charge in [0.1, 0.15) is 0 Å². The highest BCUT2D eigenvalue weighted by molar-refractivity contribution is 7.89. The number of hydrogen-bond donors (Lipinski definition) is 2. The van der Waals surface area contributed by atoms with Crippen LogP contribution in [0.2, 0.25) is 0 Å². The third kappa shape index (κ3) is 4.03. The number of hydrogen-bond acceptors (Lipinski definition) is 4. The number of aryl methyl sites for hydroxylation is 1. The van der Waals surface area contributed by atoms with Gasteiger partial charge in [-0.25, -0.2) is 13.1 Å². The number of nitrogens with zero attached hydrogens (tertiary/aromatic N) is 1. The molecule has 0 spiro atoms. The second-order valence-corrected chi connectivity index (χ2v) is 7.48. The lowest BCUT2D eigenvalue weighted by atomic mass is 10.1. The monoisotopic (exact) mass is 312 g/mol. The number of aliphatic hydroxyl groups is 1. The molecule has 0 saturated carbocycles. The minimum Gasteiger partial charge on any atom is -0.392 e. The van der Waals surface area contributed by atoms with Gasteiger partial charge in [0.25, 0.3) is 0 Å². The van der Waals surface area contributed by atoms with Gasteiger partial charge >= 0.3 is 0 Å². The average molecular weight is 312 g/mol. The average Bonchev–Trinajstić information content (AvgIpc) is 2.90. The number of likely N-dealkylation sites (tertiary alicyclic amines) is 1. The first-order chi connectivity index (χ1) is 9.96. The van der Waals surface area contributed by atoms with Crippen molar-refractivity contribution in [3.8, 4) is 0 Å². The minimum atomic E-state index is -3.50. The zero-order valence-corrected chi connectivity index (χ0v) is 13.5. The largest absolute Gasteiger partial charge is 0.392 e. The van der Waals surface area contributed by atoms with Crippen LogP contribution < -0.4 is 4.72 Å². The molecular formula is C15H24N2O3S. The Balaban J connectivity index is 2.08. The van der Waals surface area contributed by atoms with E-state index in [1.54, 1.807) is 18.2 Å². The van der Waals surface area contributed by atoms with Gasteiger partial charge in [-0.2, -0.15) is 0 Å². The quantitative estimate of drug-likeness (QED) is 0.821. The lowest BCUT2D eigenvalue weighted by molar-refractivity contribution is 0.280. The molecule has 1 atom stereocenters. The van der Waals surface area contributed by atoms with Gasteiger partial charge < -0.3 is 10.0 Å². The summed E-state index contributed by atoms with van der Waals surface area (Å²) in [5.74, 6) is 0.372. The van der Waals surface area contributed by atoms with Crippen LogP contribution in [0.3, 0.4) is 0 Å². The van der Waals surface area contributed by atoms with Crippen molar-refractivity contribution >= 4 is 10.0 Å². The predicted molar refractivity (Wildman–Crippen MR) is 82.5 cm³/mol. The van der Waals surface area contributed by atoms with Gasteiger partial charge in [-0.05, 0) is 55.6 Å². The first-order valence-electron chi connectivity index (χ1n) is 7.37. The Hall–Kier alpha value is -0.950. The van der Waals surface area contributed by atoms with Crippen LogP contribution in [-0.2, 0) is 23.1 Å². The molecule has 1 aliphatic heterocycles. The SMILES string of the molecule is CCc1ccc(S(=O)(=O)NCC2CCN(C)C2)cc1CO. The Morgan fingerprint density at radius 3 is 2.71 bits per heavy atom. The van der Waals surface area contributed by atoms with Crippen LogP contribution in [0.4, 0.5) is 0 Å². The third-order valence-corrected chi connectivity index (χ3v) is 5.51. The van der Waals surface area contributed by atoms with Crippen LogP contribution in [-0.4, -0.2) is 45.1 Å². The van der Waals surface area contributed by atoms with Crippen LogP contribution >= 0.6 is 0 Å². The number of rotatable bonds is 6. The number of benzene rings is 1. The van der Waals surface area contributed by atoms with Crippen LogP contribution in [0.1, 0.15) is 24.5 Å². The molecule has 1 saturated heterocycles. The zero-order valence-electron chi connectivity index (χ0n) is 12.7. The highest BCUT2D eigenvalue weighted by Gasteiger charge is 2.22. The molecule has 0 radical (unpaired) electrons. The molecule has 5 nitrogen and oxygen atoms in total. The van der Waals surface area contributed by atoms with Gasteiger partial charge in [-0.1, -0.05) is 13.0 Å². The topological polar surface area (TPSA) is 69.6 Å². The molecule has 0 aromatic heterocycles. The van der Waals surface area contributed by atoms with Crippen LogP contribution in [0.15, 0.2) is 23.1 Å². The van der Waals surface area contributed by atoms with Crippen molar-refractivity contribution < 1.29 is 13.5 Å². The van der Waals surface area contributed by atoms with Crippen LogP contribution in [0.5, 0.6) is 0 Å². The van der Waals surface area contributed by atoms with Crippen molar-refractivity contribution in [2.45, 2.75) is 31.3 Å². The van der Waals surface area contributed by atoms with Gasteiger partial charge in [0, 0.05) is 13.1 Å². The van der Waals surface area contributed by atoms with Crippen molar-refractivity contribution in [3.05, 3.63) is 29.3 Å². The second-order valence-electron chi connectivity index (χ2n) is 5.71. The van der Waals surface area contributed by atoms with E-state index in [1.165, 1.54) is 0 Å². The molecule has 1 aliphatic rings. The fraction of sp³-hybridized carbons (Fsp3) is 0.600. The standard InChI is InChI=1S/C15H24N2O3S/c1-3-13-4-5-15(8-14(13)11-18)21(19,20)16-9-12-6-7-17(2)10-12/h4-5,8,12,16,18H,3,6-7,9-11H2,1-2H3. The van der Waals surface area contributed by atoms with E-state index < -0.39 is 10.0 Å². The summed E-state index contributed by atoms with van der Waals surface area (Å²) in [5, 5.41) is 9.35. The van der Waals surface area contributed by atoms with Gasteiger partial charge in [0.05, 0.1) is 11.5 Å². The summed E-state index contributed by atoms with van der Waals surface area (Å²) in [6.07, 6.45) is 1.80. The van der Waals surface area contributed by atoms with Gasteiger partial charge in [-0.15, -0.1) is 0 Å². The Morgan fingerprint density at radius 2 is 2.14 bits per heavy atom. The summed E-state index contributed by atoms with van der Waals surface area (Å²) < 4.78 is 27.4. The van der Waals surface area contributed by atoms with Gasteiger partial charge in [-0.3, -0.25) is 0 Å². The van der Waals surface area contributed by atoms with E-state index in [4.69, 9.17) is 0 Å². The molecule has 0 bridgehead atoms. The molecule has 1 unspecified atom stereocenters. The zero-order chi connectivity index (χ0) is 15.5. The van der Waals surface area contributed by atoms with Gasteiger partial charge in [0.2, 0.25) is 10.0 Å².